The van der Waals surface area contributed by atoms with Crippen molar-refractivity contribution < 1.29 is 4.79 Å². The third kappa shape index (κ3) is 3.55. The first-order valence-electron chi connectivity index (χ1n) is 5.95. The molecule has 1 aromatic heterocycles. The van der Waals surface area contributed by atoms with Crippen LogP contribution >= 0.6 is 22.9 Å². The van der Waals surface area contributed by atoms with Gasteiger partial charge in [-0.1, -0.05) is 12.1 Å². The largest absolute Gasteiger partial charge is 0.325 e. The molecule has 0 atom stereocenters. The summed E-state index contributed by atoms with van der Waals surface area (Å²) in [5.41, 5.74) is 3.94. The van der Waals surface area contributed by atoms with E-state index in [1.807, 2.05) is 37.4 Å². The van der Waals surface area contributed by atoms with E-state index in [1.54, 1.807) is 0 Å². The van der Waals surface area contributed by atoms with Gasteiger partial charge in [-0.15, -0.1) is 22.9 Å². The second-order valence-electron chi connectivity index (χ2n) is 4.34. The lowest BCUT2D eigenvalue weighted by molar-refractivity contribution is -0.115. The van der Waals surface area contributed by atoms with Crippen molar-refractivity contribution in [2.75, 3.05) is 5.32 Å². The number of amides is 1. The summed E-state index contributed by atoms with van der Waals surface area (Å²) in [4.78, 5) is 16.2. The summed E-state index contributed by atoms with van der Waals surface area (Å²) in [6, 6.07) is 5.87. The highest BCUT2D eigenvalue weighted by Gasteiger charge is 2.09. The van der Waals surface area contributed by atoms with Gasteiger partial charge in [0.15, 0.2) is 0 Å². The number of thiazole rings is 1. The zero-order chi connectivity index (χ0) is 13.8. The maximum atomic E-state index is 12.0. The summed E-state index contributed by atoms with van der Waals surface area (Å²) in [5, 5.41) is 5.59. The Morgan fingerprint density at radius 1 is 1.42 bits per heavy atom. The number of carbonyl (C=O) groups is 1. The van der Waals surface area contributed by atoms with Crippen molar-refractivity contribution in [2.24, 2.45) is 0 Å². The van der Waals surface area contributed by atoms with E-state index in [1.165, 1.54) is 11.3 Å². The van der Waals surface area contributed by atoms with Gasteiger partial charge < -0.3 is 5.32 Å². The van der Waals surface area contributed by atoms with E-state index in [-0.39, 0.29) is 12.3 Å². The molecule has 2 aromatic rings. The molecule has 1 N–H and O–H groups in total. The van der Waals surface area contributed by atoms with Gasteiger partial charge in [0, 0.05) is 11.1 Å². The molecule has 1 heterocycles. The van der Waals surface area contributed by atoms with Gasteiger partial charge in [-0.25, -0.2) is 4.98 Å². The minimum absolute atomic E-state index is 0.0517. The summed E-state index contributed by atoms with van der Waals surface area (Å²) in [7, 11) is 0. The lowest BCUT2D eigenvalue weighted by atomic mass is 10.1. The summed E-state index contributed by atoms with van der Waals surface area (Å²) >= 11 is 7.15. The maximum absolute atomic E-state index is 12.0. The maximum Gasteiger partial charge on any atom is 0.231 e. The van der Waals surface area contributed by atoms with Crippen molar-refractivity contribution in [1.82, 2.24) is 4.98 Å². The predicted octanol–water partition coefficient (Wildman–Crippen LogP) is 3.68. The van der Waals surface area contributed by atoms with Gasteiger partial charge in [0.2, 0.25) is 5.91 Å². The van der Waals surface area contributed by atoms with Crippen molar-refractivity contribution in [3.63, 3.8) is 0 Å². The summed E-state index contributed by atoms with van der Waals surface area (Å²) in [6.07, 6.45) is 0.287. The Morgan fingerprint density at radius 3 is 2.89 bits per heavy atom. The third-order valence-corrected chi connectivity index (χ3v) is 4.10. The third-order valence-electron chi connectivity index (χ3n) is 2.93. The molecule has 0 aliphatic carbocycles. The molecule has 0 radical (unpaired) electrons. The van der Waals surface area contributed by atoms with Crippen LogP contribution in [0.4, 0.5) is 5.69 Å². The first-order chi connectivity index (χ1) is 9.10. The minimum Gasteiger partial charge on any atom is -0.325 e. The fraction of sp³-hybridized carbons (Fsp3) is 0.286. The Hall–Kier alpha value is -1.39. The summed E-state index contributed by atoms with van der Waals surface area (Å²) < 4.78 is 0. The molecular formula is C14H15ClN2OS. The molecule has 5 heteroatoms. The number of anilines is 1. The second-order valence-corrected chi connectivity index (χ2v) is 5.55. The molecule has 0 spiro atoms. The molecule has 0 unspecified atom stereocenters. The van der Waals surface area contributed by atoms with Crippen molar-refractivity contribution in [3.05, 3.63) is 45.4 Å². The Bertz CT molecular complexity index is 595. The van der Waals surface area contributed by atoms with Crippen molar-refractivity contribution in [2.45, 2.75) is 26.1 Å². The summed E-state index contributed by atoms with van der Waals surface area (Å²) in [5.74, 6) is 0.332. The Kier molecular flexibility index (Phi) is 4.56. The van der Waals surface area contributed by atoms with Gasteiger partial charge in [-0.05, 0) is 31.0 Å². The van der Waals surface area contributed by atoms with Crippen molar-refractivity contribution in [3.8, 4) is 0 Å². The highest BCUT2D eigenvalue weighted by molar-refractivity contribution is 7.09. The van der Waals surface area contributed by atoms with Gasteiger partial charge in [-0.3, -0.25) is 4.79 Å². The number of nitrogens with zero attached hydrogens (tertiary/aromatic N) is 1. The first-order valence-corrected chi connectivity index (χ1v) is 7.37. The molecule has 0 aliphatic rings. The van der Waals surface area contributed by atoms with Crippen molar-refractivity contribution in [1.29, 1.82) is 0 Å². The molecule has 0 saturated heterocycles. The molecule has 100 valence electrons. The highest BCUT2D eigenvalue weighted by atomic mass is 35.5. The van der Waals surface area contributed by atoms with Gasteiger partial charge in [-0.2, -0.15) is 0 Å². The van der Waals surface area contributed by atoms with Gasteiger partial charge in [0.25, 0.3) is 0 Å². The van der Waals surface area contributed by atoms with Crippen LogP contribution in [-0.2, 0) is 17.1 Å². The fourth-order valence-corrected chi connectivity index (χ4v) is 2.73. The molecule has 19 heavy (non-hydrogen) atoms. The van der Waals surface area contributed by atoms with Gasteiger partial charge in [0.05, 0.1) is 18.0 Å². The van der Waals surface area contributed by atoms with E-state index in [4.69, 9.17) is 11.6 Å². The topological polar surface area (TPSA) is 42.0 Å². The van der Waals surface area contributed by atoms with E-state index in [0.717, 1.165) is 27.5 Å². The molecule has 2 rings (SSSR count). The normalized spacial score (nSPS) is 10.5. The fourth-order valence-electron chi connectivity index (χ4n) is 1.71. The average molecular weight is 295 g/mol. The number of benzene rings is 1. The van der Waals surface area contributed by atoms with E-state index >= 15 is 0 Å². The highest BCUT2D eigenvalue weighted by Crippen LogP contribution is 2.19. The van der Waals surface area contributed by atoms with Gasteiger partial charge >= 0.3 is 0 Å². The minimum atomic E-state index is -0.0517. The summed E-state index contributed by atoms with van der Waals surface area (Å²) in [6.45, 7) is 4.03. The van der Waals surface area contributed by atoms with Crippen LogP contribution in [0.25, 0.3) is 0 Å². The number of rotatable bonds is 4. The molecule has 1 aromatic carbocycles. The molecule has 0 bridgehead atoms. The van der Waals surface area contributed by atoms with E-state index in [0.29, 0.717) is 5.88 Å². The van der Waals surface area contributed by atoms with Crippen LogP contribution in [-0.4, -0.2) is 10.9 Å². The Morgan fingerprint density at radius 2 is 2.21 bits per heavy atom. The molecule has 0 aliphatic heterocycles. The lowest BCUT2D eigenvalue weighted by Crippen LogP contribution is -2.15. The predicted molar refractivity (Wildman–Crippen MR) is 79.9 cm³/mol. The number of carbonyl (C=O) groups excluding carboxylic acids is 1. The SMILES string of the molecule is Cc1cccc(NC(=O)Cc2nc(CCl)cs2)c1C. The van der Waals surface area contributed by atoms with Crippen molar-refractivity contribution >= 4 is 34.5 Å². The number of hydrogen-bond acceptors (Lipinski definition) is 3. The number of halogens is 1. The van der Waals surface area contributed by atoms with Crippen LogP contribution in [0.2, 0.25) is 0 Å². The average Bonchev–Trinajstić information content (AvgIpc) is 2.82. The molecule has 3 nitrogen and oxygen atoms in total. The van der Waals surface area contributed by atoms with Gasteiger partial charge in [0.1, 0.15) is 5.01 Å². The van der Waals surface area contributed by atoms with Crippen LogP contribution in [0.15, 0.2) is 23.6 Å². The first kappa shape index (κ1) is 14.0. The zero-order valence-corrected chi connectivity index (χ0v) is 12.4. The lowest BCUT2D eigenvalue weighted by Gasteiger charge is -2.09. The number of aromatic nitrogens is 1. The van der Waals surface area contributed by atoms with Crippen LogP contribution < -0.4 is 5.32 Å². The van der Waals surface area contributed by atoms with E-state index < -0.39 is 0 Å². The van der Waals surface area contributed by atoms with Crippen LogP contribution in [0.1, 0.15) is 21.8 Å². The number of hydrogen-bond donors (Lipinski definition) is 1. The Labute approximate surface area is 121 Å². The number of alkyl halides is 1. The van der Waals surface area contributed by atoms with E-state index in [2.05, 4.69) is 10.3 Å². The van der Waals surface area contributed by atoms with Crippen LogP contribution in [0, 0.1) is 13.8 Å². The number of nitrogens with one attached hydrogen (secondary N) is 1. The number of aryl methyl sites for hydroxylation is 1. The Balaban J connectivity index is 2.03. The standard InChI is InChI=1S/C14H15ClN2OS/c1-9-4-3-5-12(10(9)2)17-13(18)6-14-16-11(7-15)8-19-14/h3-5,8H,6-7H2,1-2H3,(H,17,18). The van der Waals surface area contributed by atoms with Crippen LogP contribution in [0.5, 0.6) is 0 Å². The van der Waals surface area contributed by atoms with Crippen LogP contribution in [0.3, 0.4) is 0 Å². The molecule has 0 fully saturated rings. The smallest absolute Gasteiger partial charge is 0.231 e. The zero-order valence-electron chi connectivity index (χ0n) is 10.9. The molecule has 1 amide bonds. The molecular weight excluding hydrogens is 280 g/mol. The second kappa shape index (κ2) is 6.17. The monoisotopic (exact) mass is 294 g/mol. The molecule has 0 saturated carbocycles. The quantitative estimate of drug-likeness (QED) is 0.874. The van der Waals surface area contributed by atoms with E-state index in [9.17, 15) is 4.79 Å².